The van der Waals surface area contributed by atoms with Crippen LogP contribution in [0.1, 0.15) is 29.2 Å². The van der Waals surface area contributed by atoms with E-state index < -0.39 is 0 Å². The Kier molecular flexibility index (Phi) is 4.31. The molecule has 2 heterocycles. The van der Waals surface area contributed by atoms with Gasteiger partial charge in [0.1, 0.15) is 0 Å². The highest BCUT2D eigenvalue weighted by molar-refractivity contribution is 9.11. The molecule has 0 amide bonds. The number of thiophene rings is 1. The van der Waals surface area contributed by atoms with Crippen molar-refractivity contribution in [2.75, 3.05) is 0 Å². The molecule has 0 saturated heterocycles. The van der Waals surface area contributed by atoms with Gasteiger partial charge in [0.2, 0.25) is 0 Å². The summed E-state index contributed by atoms with van der Waals surface area (Å²) < 4.78 is 1.18. The van der Waals surface area contributed by atoms with Crippen molar-refractivity contribution in [1.82, 2.24) is 10.3 Å². The number of halogens is 1. The maximum Gasteiger partial charge on any atom is 0.0701 e. The molecule has 0 aliphatic heterocycles. The van der Waals surface area contributed by atoms with Gasteiger partial charge in [-0.25, -0.2) is 0 Å². The average Bonchev–Trinajstić information content (AvgIpc) is 2.73. The van der Waals surface area contributed by atoms with Crippen LogP contribution in [0.25, 0.3) is 0 Å². The minimum absolute atomic E-state index is 0.355. The van der Waals surface area contributed by atoms with E-state index in [2.05, 4.69) is 51.4 Å². The third-order valence-electron chi connectivity index (χ3n) is 2.56. The van der Waals surface area contributed by atoms with Crippen LogP contribution in [-0.2, 0) is 6.54 Å². The molecule has 1 atom stereocenters. The maximum atomic E-state index is 4.48. The number of hydrogen-bond acceptors (Lipinski definition) is 3. The van der Waals surface area contributed by atoms with Crippen LogP contribution in [0.2, 0.25) is 0 Å². The Morgan fingerprint density at radius 1 is 1.35 bits per heavy atom. The van der Waals surface area contributed by atoms with E-state index in [-0.39, 0.29) is 0 Å². The number of rotatable bonds is 4. The van der Waals surface area contributed by atoms with Gasteiger partial charge in [-0.05, 0) is 54.0 Å². The van der Waals surface area contributed by atoms with Gasteiger partial charge in [0.15, 0.2) is 0 Å². The smallest absolute Gasteiger partial charge is 0.0701 e. The Bertz CT molecular complexity index is 496. The first-order valence-corrected chi connectivity index (χ1v) is 7.17. The van der Waals surface area contributed by atoms with E-state index in [9.17, 15) is 0 Å². The summed E-state index contributed by atoms with van der Waals surface area (Å²) in [5.74, 6) is 0. The summed E-state index contributed by atoms with van der Waals surface area (Å²) in [7, 11) is 0. The van der Waals surface area contributed by atoms with Gasteiger partial charge in [0, 0.05) is 23.2 Å². The summed E-state index contributed by atoms with van der Waals surface area (Å²) in [6.45, 7) is 5.00. The molecule has 0 spiro atoms. The number of hydrogen-bond donors (Lipinski definition) is 1. The normalized spacial score (nSPS) is 12.6. The molecule has 2 rings (SSSR count). The predicted molar refractivity (Wildman–Crippen MR) is 76.2 cm³/mol. The fourth-order valence-corrected chi connectivity index (χ4v) is 3.07. The first-order chi connectivity index (χ1) is 8.15. The number of aryl methyl sites for hydroxylation is 1. The molecule has 2 nitrogen and oxygen atoms in total. The lowest BCUT2D eigenvalue weighted by Crippen LogP contribution is -2.17. The summed E-state index contributed by atoms with van der Waals surface area (Å²) in [5.41, 5.74) is 2.16. The van der Waals surface area contributed by atoms with Crippen LogP contribution in [0.5, 0.6) is 0 Å². The molecule has 0 bridgehead atoms. The van der Waals surface area contributed by atoms with Crippen molar-refractivity contribution in [2.24, 2.45) is 0 Å². The minimum Gasteiger partial charge on any atom is -0.304 e. The SMILES string of the molecule is Cc1cccc(CNC(C)c2ccc(Br)s2)n1. The second-order valence-electron chi connectivity index (χ2n) is 4.01. The number of nitrogens with zero attached hydrogens (tertiary/aromatic N) is 1. The summed E-state index contributed by atoms with van der Waals surface area (Å²) in [6.07, 6.45) is 0. The third-order valence-corrected chi connectivity index (χ3v) is 4.36. The van der Waals surface area contributed by atoms with Crippen molar-refractivity contribution in [2.45, 2.75) is 26.4 Å². The van der Waals surface area contributed by atoms with Crippen LogP contribution in [-0.4, -0.2) is 4.98 Å². The van der Waals surface area contributed by atoms with Crippen LogP contribution < -0.4 is 5.32 Å². The van der Waals surface area contributed by atoms with Gasteiger partial charge in [0.25, 0.3) is 0 Å². The van der Waals surface area contributed by atoms with Gasteiger partial charge in [-0.2, -0.15) is 0 Å². The van der Waals surface area contributed by atoms with Crippen molar-refractivity contribution in [3.05, 3.63) is 50.4 Å². The zero-order valence-electron chi connectivity index (χ0n) is 9.90. The van der Waals surface area contributed by atoms with Crippen molar-refractivity contribution >= 4 is 27.3 Å². The zero-order chi connectivity index (χ0) is 12.3. The lowest BCUT2D eigenvalue weighted by molar-refractivity contribution is 0.575. The molecule has 0 radical (unpaired) electrons. The second-order valence-corrected chi connectivity index (χ2v) is 6.51. The number of pyridine rings is 1. The average molecular weight is 311 g/mol. The standard InChI is InChI=1S/C13H15BrN2S/c1-9-4-3-5-11(16-9)8-15-10(2)12-6-7-13(14)17-12/h3-7,10,15H,8H2,1-2H3. The maximum absolute atomic E-state index is 4.48. The van der Waals surface area contributed by atoms with Crippen LogP contribution in [0.4, 0.5) is 0 Å². The highest BCUT2D eigenvalue weighted by Gasteiger charge is 2.07. The quantitative estimate of drug-likeness (QED) is 0.921. The molecule has 0 aromatic carbocycles. The molecule has 0 aliphatic rings. The molecule has 0 fully saturated rings. The van der Waals surface area contributed by atoms with Crippen LogP contribution in [0.15, 0.2) is 34.1 Å². The van der Waals surface area contributed by atoms with Crippen molar-refractivity contribution in [1.29, 1.82) is 0 Å². The van der Waals surface area contributed by atoms with Gasteiger partial charge in [-0.15, -0.1) is 11.3 Å². The Hall–Kier alpha value is -0.710. The van der Waals surface area contributed by atoms with Gasteiger partial charge >= 0.3 is 0 Å². The topological polar surface area (TPSA) is 24.9 Å². The van der Waals surface area contributed by atoms with E-state index in [0.717, 1.165) is 17.9 Å². The summed E-state index contributed by atoms with van der Waals surface area (Å²) >= 11 is 5.25. The van der Waals surface area contributed by atoms with Gasteiger partial charge in [0.05, 0.1) is 9.48 Å². The Labute approximate surface area is 114 Å². The molecule has 0 saturated carbocycles. The minimum atomic E-state index is 0.355. The fourth-order valence-electron chi connectivity index (χ4n) is 1.62. The molecular weight excluding hydrogens is 296 g/mol. The molecule has 1 unspecified atom stereocenters. The largest absolute Gasteiger partial charge is 0.304 e. The molecule has 2 aromatic heterocycles. The van der Waals surface area contributed by atoms with E-state index in [4.69, 9.17) is 0 Å². The molecule has 17 heavy (non-hydrogen) atoms. The summed E-state index contributed by atoms with van der Waals surface area (Å²) in [6, 6.07) is 10.7. The first kappa shape index (κ1) is 12.7. The Balaban J connectivity index is 1.94. The van der Waals surface area contributed by atoms with E-state index in [1.54, 1.807) is 11.3 Å². The second kappa shape index (κ2) is 5.76. The van der Waals surface area contributed by atoms with E-state index in [0.29, 0.717) is 6.04 Å². The molecular formula is C13H15BrN2S. The van der Waals surface area contributed by atoms with Gasteiger partial charge in [-0.1, -0.05) is 6.07 Å². The van der Waals surface area contributed by atoms with Crippen molar-refractivity contribution in [3.8, 4) is 0 Å². The first-order valence-electron chi connectivity index (χ1n) is 5.56. The van der Waals surface area contributed by atoms with E-state index in [1.807, 2.05) is 19.1 Å². The summed E-state index contributed by atoms with van der Waals surface area (Å²) in [5, 5.41) is 3.48. The van der Waals surface area contributed by atoms with Crippen LogP contribution >= 0.6 is 27.3 Å². The van der Waals surface area contributed by atoms with E-state index in [1.165, 1.54) is 8.66 Å². The van der Waals surface area contributed by atoms with Gasteiger partial charge in [-0.3, -0.25) is 4.98 Å². The molecule has 0 aliphatic carbocycles. The Morgan fingerprint density at radius 2 is 2.18 bits per heavy atom. The number of aromatic nitrogens is 1. The lowest BCUT2D eigenvalue weighted by Gasteiger charge is -2.11. The predicted octanol–water partition coefficient (Wildman–Crippen LogP) is 4.06. The van der Waals surface area contributed by atoms with Crippen molar-refractivity contribution in [3.63, 3.8) is 0 Å². The molecule has 1 N–H and O–H groups in total. The third kappa shape index (κ3) is 3.63. The van der Waals surface area contributed by atoms with E-state index >= 15 is 0 Å². The number of nitrogens with one attached hydrogen (secondary N) is 1. The van der Waals surface area contributed by atoms with Crippen molar-refractivity contribution < 1.29 is 0 Å². The summed E-state index contributed by atoms with van der Waals surface area (Å²) in [4.78, 5) is 5.81. The highest BCUT2D eigenvalue weighted by Crippen LogP contribution is 2.27. The fraction of sp³-hybridized carbons (Fsp3) is 0.308. The highest BCUT2D eigenvalue weighted by atomic mass is 79.9. The molecule has 4 heteroatoms. The monoisotopic (exact) mass is 310 g/mol. The Morgan fingerprint density at radius 3 is 2.82 bits per heavy atom. The van der Waals surface area contributed by atoms with Crippen LogP contribution in [0.3, 0.4) is 0 Å². The lowest BCUT2D eigenvalue weighted by atomic mass is 10.2. The molecule has 90 valence electrons. The van der Waals surface area contributed by atoms with Gasteiger partial charge < -0.3 is 5.32 Å². The molecule has 2 aromatic rings. The van der Waals surface area contributed by atoms with Crippen LogP contribution in [0, 0.1) is 6.92 Å². The zero-order valence-corrected chi connectivity index (χ0v) is 12.3.